The monoisotopic (exact) mass is 279 g/mol. The quantitative estimate of drug-likeness (QED) is 0.640. The zero-order chi connectivity index (χ0) is 13.2. The smallest absolute Gasteiger partial charge is 0.272 e. The van der Waals surface area contributed by atoms with Crippen LogP contribution in [0, 0.1) is 0 Å². The van der Waals surface area contributed by atoms with E-state index in [1.165, 1.54) is 24.2 Å². The Morgan fingerprint density at radius 2 is 2.16 bits per heavy atom. The molecule has 0 aromatic carbocycles. The van der Waals surface area contributed by atoms with Crippen LogP contribution in [0.2, 0.25) is 0 Å². The van der Waals surface area contributed by atoms with E-state index in [1.54, 1.807) is 4.57 Å². The molecule has 0 aliphatic carbocycles. The van der Waals surface area contributed by atoms with Crippen molar-refractivity contribution in [3.05, 3.63) is 21.8 Å². The third-order valence-corrected chi connectivity index (χ3v) is 4.43. The summed E-state index contributed by atoms with van der Waals surface area (Å²) in [6.45, 7) is 3.73. The van der Waals surface area contributed by atoms with Crippen molar-refractivity contribution in [3.63, 3.8) is 0 Å². The van der Waals surface area contributed by atoms with Gasteiger partial charge in [-0.15, -0.1) is 11.3 Å². The first-order chi connectivity index (χ1) is 9.29. The number of rotatable bonds is 4. The number of hydrogen-bond acceptors (Lipinski definition) is 6. The van der Waals surface area contributed by atoms with Gasteiger partial charge in [0.15, 0.2) is 0 Å². The summed E-state index contributed by atoms with van der Waals surface area (Å²) in [4.78, 5) is 19.1. The number of likely N-dealkylation sites (tertiary alicyclic amines) is 1. The summed E-state index contributed by atoms with van der Waals surface area (Å²) in [5.74, 6) is 5.92. The van der Waals surface area contributed by atoms with Gasteiger partial charge in [-0.3, -0.25) is 14.8 Å². The number of nitrogens with two attached hydrogens (primary N) is 1. The van der Waals surface area contributed by atoms with Crippen molar-refractivity contribution in [3.8, 4) is 0 Å². The van der Waals surface area contributed by atoms with Crippen LogP contribution in [-0.2, 0) is 6.54 Å². The Balaban J connectivity index is 1.91. The third kappa shape index (κ3) is 2.36. The van der Waals surface area contributed by atoms with E-state index < -0.39 is 0 Å². The summed E-state index contributed by atoms with van der Waals surface area (Å²) >= 11 is 1.43. The Kier molecular flexibility index (Phi) is 3.50. The number of thiophene rings is 1. The molecule has 0 radical (unpaired) electrons. The van der Waals surface area contributed by atoms with Crippen molar-refractivity contribution in [2.45, 2.75) is 19.4 Å². The molecule has 0 spiro atoms. The highest BCUT2D eigenvalue weighted by Gasteiger charge is 2.14. The predicted molar refractivity (Wildman–Crippen MR) is 77.4 cm³/mol. The van der Waals surface area contributed by atoms with Gasteiger partial charge in [-0.25, -0.2) is 10.8 Å². The van der Waals surface area contributed by atoms with E-state index in [9.17, 15) is 4.79 Å². The number of hydrazine groups is 1. The standard InChI is InChI=1S/C12H17N5OS/c13-15-12-14-9-3-8-19-10(9)11(18)17(12)7-6-16-4-1-2-5-16/h3,8H,1-2,4-7,13H2,(H,14,15). The largest absolute Gasteiger partial charge is 0.302 e. The Labute approximate surface area is 114 Å². The van der Waals surface area contributed by atoms with Crippen LogP contribution in [0.5, 0.6) is 0 Å². The Morgan fingerprint density at radius 3 is 2.89 bits per heavy atom. The fraction of sp³-hybridized carbons (Fsp3) is 0.500. The molecular formula is C12H17N5OS. The highest BCUT2D eigenvalue weighted by Crippen LogP contribution is 2.16. The van der Waals surface area contributed by atoms with Gasteiger partial charge < -0.3 is 4.90 Å². The van der Waals surface area contributed by atoms with E-state index in [0.717, 1.165) is 19.6 Å². The molecule has 0 saturated carbocycles. The molecule has 0 unspecified atom stereocenters. The highest BCUT2D eigenvalue weighted by molar-refractivity contribution is 7.17. The second-order valence-electron chi connectivity index (χ2n) is 4.72. The Morgan fingerprint density at radius 1 is 1.37 bits per heavy atom. The summed E-state index contributed by atoms with van der Waals surface area (Å²) in [6, 6.07) is 1.84. The van der Waals surface area contributed by atoms with Gasteiger partial charge in [-0.05, 0) is 37.4 Å². The molecule has 1 aliphatic rings. The minimum atomic E-state index is -0.00727. The van der Waals surface area contributed by atoms with E-state index in [4.69, 9.17) is 5.84 Å². The number of hydrogen-bond donors (Lipinski definition) is 2. The Bertz CT molecular complexity index is 629. The second-order valence-corrected chi connectivity index (χ2v) is 5.64. The molecule has 19 heavy (non-hydrogen) atoms. The van der Waals surface area contributed by atoms with Crippen LogP contribution in [0.1, 0.15) is 12.8 Å². The molecule has 6 nitrogen and oxygen atoms in total. The molecule has 3 rings (SSSR count). The predicted octanol–water partition coefficient (Wildman–Crippen LogP) is 0.839. The number of aromatic nitrogens is 2. The van der Waals surface area contributed by atoms with Gasteiger partial charge in [0.05, 0.1) is 5.52 Å². The summed E-state index contributed by atoms with van der Waals surface area (Å²) in [6.07, 6.45) is 2.50. The molecule has 0 atom stereocenters. The highest BCUT2D eigenvalue weighted by atomic mass is 32.1. The molecule has 102 valence electrons. The van der Waals surface area contributed by atoms with E-state index in [2.05, 4.69) is 15.3 Å². The van der Waals surface area contributed by atoms with E-state index in [-0.39, 0.29) is 5.56 Å². The molecule has 1 saturated heterocycles. The van der Waals surface area contributed by atoms with Gasteiger partial charge in [0.2, 0.25) is 5.95 Å². The van der Waals surface area contributed by atoms with Crippen molar-refractivity contribution in [2.75, 3.05) is 25.1 Å². The van der Waals surface area contributed by atoms with Crippen LogP contribution in [0.25, 0.3) is 10.2 Å². The van der Waals surface area contributed by atoms with Gasteiger partial charge in [0.25, 0.3) is 5.56 Å². The molecule has 7 heteroatoms. The van der Waals surface area contributed by atoms with Gasteiger partial charge in [0.1, 0.15) is 4.70 Å². The lowest BCUT2D eigenvalue weighted by atomic mass is 10.4. The first kappa shape index (κ1) is 12.6. The minimum absolute atomic E-state index is 0.00727. The molecule has 0 amide bonds. The average molecular weight is 279 g/mol. The maximum atomic E-state index is 12.4. The van der Waals surface area contributed by atoms with Gasteiger partial charge >= 0.3 is 0 Å². The molecule has 0 bridgehead atoms. The molecule has 3 N–H and O–H groups in total. The zero-order valence-electron chi connectivity index (χ0n) is 10.6. The van der Waals surface area contributed by atoms with Crippen LogP contribution in [-0.4, -0.2) is 34.1 Å². The lowest BCUT2D eigenvalue weighted by Crippen LogP contribution is -2.32. The SMILES string of the molecule is NNc1nc2ccsc2c(=O)n1CCN1CCCC1. The second kappa shape index (κ2) is 5.28. The third-order valence-electron chi connectivity index (χ3n) is 3.53. The molecule has 3 heterocycles. The Hall–Kier alpha value is -1.44. The number of nitrogens with one attached hydrogen (secondary N) is 1. The van der Waals surface area contributed by atoms with Crippen LogP contribution in [0.3, 0.4) is 0 Å². The minimum Gasteiger partial charge on any atom is -0.302 e. The lowest BCUT2D eigenvalue weighted by molar-refractivity contribution is 0.321. The summed E-state index contributed by atoms with van der Waals surface area (Å²) < 4.78 is 2.33. The van der Waals surface area contributed by atoms with Crippen molar-refractivity contribution in [1.82, 2.24) is 14.5 Å². The van der Waals surface area contributed by atoms with Crippen LogP contribution >= 0.6 is 11.3 Å². The maximum Gasteiger partial charge on any atom is 0.272 e. The van der Waals surface area contributed by atoms with E-state index in [0.29, 0.717) is 22.7 Å². The molecule has 2 aromatic rings. The number of fused-ring (bicyclic) bond motifs is 1. The fourth-order valence-electron chi connectivity index (χ4n) is 2.51. The van der Waals surface area contributed by atoms with Crippen LogP contribution in [0.4, 0.5) is 5.95 Å². The summed E-state index contributed by atoms with van der Waals surface area (Å²) in [7, 11) is 0. The van der Waals surface area contributed by atoms with Gasteiger partial charge in [0, 0.05) is 13.1 Å². The van der Waals surface area contributed by atoms with Gasteiger partial charge in [-0.2, -0.15) is 0 Å². The number of anilines is 1. The van der Waals surface area contributed by atoms with Crippen molar-refractivity contribution in [2.24, 2.45) is 5.84 Å². The zero-order valence-corrected chi connectivity index (χ0v) is 11.4. The van der Waals surface area contributed by atoms with Gasteiger partial charge in [-0.1, -0.05) is 0 Å². The number of nitrogen functional groups attached to an aromatic ring is 1. The van der Waals surface area contributed by atoms with Crippen molar-refractivity contribution in [1.29, 1.82) is 0 Å². The van der Waals surface area contributed by atoms with E-state index >= 15 is 0 Å². The molecule has 2 aromatic heterocycles. The van der Waals surface area contributed by atoms with Crippen molar-refractivity contribution < 1.29 is 0 Å². The van der Waals surface area contributed by atoms with E-state index in [1.807, 2.05) is 11.4 Å². The van der Waals surface area contributed by atoms with Crippen LogP contribution in [0.15, 0.2) is 16.2 Å². The first-order valence-electron chi connectivity index (χ1n) is 6.46. The lowest BCUT2D eigenvalue weighted by Gasteiger charge is -2.17. The fourth-order valence-corrected chi connectivity index (χ4v) is 3.29. The molecular weight excluding hydrogens is 262 g/mol. The summed E-state index contributed by atoms with van der Waals surface area (Å²) in [5.41, 5.74) is 3.23. The summed E-state index contributed by atoms with van der Waals surface area (Å²) in [5, 5.41) is 1.88. The average Bonchev–Trinajstić information content (AvgIpc) is 3.08. The normalized spacial score (nSPS) is 16.3. The first-order valence-corrected chi connectivity index (χ1v) is 7.34. The number of nitrogens with zero attached hydrogens (tertiary/aromatic N) is 3. The van der Waals surface area contributed by atoms with Crippen LogP contribution < -0.4 is 16.8 Å². The van der Waals surface area contributed by atoms with Crippen molar-refractivity contribution >= 4 is 27.5 Å². The molecule has 1 fully saturated rings. The maximum absolute atomic E-state index is 12.4. The molecule has 1 aliphatic heterocycles. The topological polar surface area (TPSA) is 76.2 Å².